The van der Waals surface area contributed by atoms with Crippen LogP contribution >= 0.6 is 0 Å². The number of ether oxygens (including phenoxy) is 2. The van der Waals surface area contributed by atoms with E-state index in [1.165, 1.54) is 0 Å². The quantitative estimate of drug-likeness (QED) is 0.526. The van der Waals surface area contributed by atoms with E-state index < -0.39 is 29.7 Å². The molecule has 2 bridgehead atoms. The Hall–Kier alpha value is -2.30. The summed E-state index contributed by atoms with van der Waals surface area (Å²) < 4.78 is 12.6. The molecule has 4 saturated heterocycles. The minimum Gasteiger partial charge on any atom is -0.480 e. The minimum atomic E-state index is -1.07. The van der Waals surface area contributed by atoms with Gasteiger partial charge in [0.2, 0.25) is 18.0 Å². The summed E-state index contributed by atoms with van der Waals surface area (Å²) in [5.41, 5.74) is 0.227. The van der Waals surface area contributed by atoms with Crippen molar-refractivity contribution < 1.29 is 33.9 Å². The van der Waals surface area contributed by atoms with Gasteiger partial charge in [0.25, 0.3) is 0 Å². The highest BCUT2D eigenvalue weighted by atomic mass is 17.3. The Kier molecular flexibility index (Phi) is 6.48. The first-order chi connectivity index (χ1) is 16.7. The number of amides is 1. The summed E-state index contributed by atoms with van der Waals surface area (Å²) in [4.78, 5) is 44.7. The van der Waals surface area contributed by atoms with Gasteiger partial charge < -0.3 is 19.9 Å². The maximum absolute atomic E-state index is 12.5. The Labute approximate surface area is 205 Å². The molecule has 1 aliphatic carbocycles. The van der Waals surface area contributed by atoms with Crippen molar-refractivity contribution in [2.75, 3.05) is 6.54 Å². The third-order valence-electron chi connectivity index (χ3n) is 8.42. The Bertz CT molecular complexity index is 965. The lowest BCUT2D eigenvalue weighted by Gasteiger charge is -2.58. The molecule has 0 aromatic rings. The van der Waals surface area contributed by atoms with Crippen LogP contribution in [0.5, 0.6) is 0 Å². The summed E-state index contributed by atoms with van der Waals surface area (Å²) in [7, 11) is 0. The third kappa shape index (κ3) is 4.40. The van der Waals surface area contributed by atoms with Gasteiger partial charge in [0.1, 0.15) is 6.04 Å². The molecule has 1 spiro atoms. The molecule has 6 aliphatic rings. The van der Waals surface area contributed by atoms with Gasteiger partial charge in [0.15, 0.2) is 11.5 Å². The van der Waals surface area contributed by atoms with Crippen LogP contribution in [0.3, 0.4) is 0 Å². The fourth-order valence-corrected chi connectivity index (χ4v) is 6.47. The summed E-state index contributed by atoms with van der Waals surface area (Å²) in [6, 6.07) is -0.984. The van der Waals surface area contributed by atoms with Crippen molar-refractivity contribution >= 4 is 24.0 Å². The fraction of sp³-hybridized carbons (Fsp3) is 0.760. The maximum atomic E-state index is 12.5. The smallest absolute Gasteiger partial charge is 0.326 e. The zero-order chi connectivity index (χ0) is 24.8. The van der Waals surface area contributed by atoms with Crippen LogP contribution in [0.1, 0.15) is 65.7 Å². The molecule has 8 atom stereocenters. The Morgan fingerprint density at radius 1 is 1.26 bits per heavy atom. The van der Waals surface area contributed by atoms with Gasteiger partial charge in [-0.3, -0.25) is 14.8 Å². The summed E-state index contributed by atoms with van der Waals surface area (Å²) in [6.07, 6.45) is 7.44. The summed E-state index contributed by atoms with van der Waals surface area (Å²) in [5.74, 6) is -0.835. The van der Waals surface area contributed by atoms with Gasteiger partial charge in [-0.1, -0.05) is 13.8 Å². The lowest BCUT2D eigenvalue weighted by molar-refractivity contribution is -0.557. The van der Waals surface area contributed by atoms with Crippen LogP contribution < -0.4 is 5.32 Å². The SMILES string of the molecule is CC1CCC2C(C)C(=NCCC(=O)NC(CC3=CN=CC3)C(=O)O)OC3OC4(C)CCC1C32OO4. The van der Waals surface area contributed by atoms with Gasteiger partial charge in [-0.25, -0.2) is 14.6 Å². The summed E-state index contributed by atoms with van der Waals surface area (Å²) in [6.45, 7) is 6.43. The minimum absolute atomic E-state index is 0.0139. The first-order valence-corrected chi connectivity index (χ1v) is 12.7. The fourth-order valence-electron chi connectivity index (χ4n) is 6.47. The van der Waals surface area contributed by atoms with Crippen LogP contribution in [-0.2, 0) is 28.8 Å². The standard InChI is InChI=1S/C25H35N3O7/c1-14-4-5-18-15(2)21(32-23-25(18)17(14)6-9-24(3,33-23)34-35-25)27-11-8-20(29)28-19(22(30)31)12-16-7-10-26-13-16/h10,13-15,17-19,23H,4-9,11-12H2,1-3H3,(H,28,29)(H,30,31). The Morgan fingerprint density at radius 3 is 2.83 bits per heavy atom. The van der Waals surface area contributed by atoms with Crippen LogP contribution in [0.2, 0.25) is 0 Å². The molecule has 8 unspecified atom stereocenters. The highest BCUT2D eigenvalue weighted by Crippen LogP contribution is 2.59. The monoisotopic (exact) mass is 489 g/mol. The molecule has 10 heteroatoms. The summed E-state index contributed by atoms with van der Waals surface area (Å²) in [5, 5.41) is 12.1. The lowest BCUT2D eigenvalue weighted by atomic mass is 9.58. The molecule has 0 aromatic carbocycles. The van der Waals surface area contributed by atoms with Crippen LogP contribution in [0.15, 0.2) is 21.8 Å². The molecule has 1 saturated carbocycles. The first-order valence-electron chi connectivity index (χ1n) is 12.7. The van der Waals surface area contributed by atoms with E-state index in [0.717, 1.165) is 31.3 Å². The molecule has 35 heavy (non-hydrogen) atoms. The maximum Gasteiger partial charge on any atom is 0.326 e. The number of rotatable bonds is 7. The highest BCUT2D eigenvalue weighted by molar-refractivity contribution is 5.84. The number of carboxylic acids is 1. The number of aliphatic imine (C=N–C) groups is 2. The summed E-state index contributed by atoms with van der Waals surface area (Å²) >= 11 is 0. The number of fused-ring (bicyclic) bond motifs is 2. The largest absolute Gasteiger partial charge is 0.480 e. The van der Waals surface area contributed by atoms with Gasteiger partial charge >= 0.3 is 5.97 Å². The molecule has 10 nitrogen and oxygen atoms in total. The van der Waals surface area contributed by atoms with Crippen LogP contribution in [0.25, 0.3) is 0 Å². The van der Waals surface area contributed by atoms with E-state index in [1.54, 1.807) is 12.4 Å². The van der Waals surface area contributed by atoms with Crippen molar-refractivity contribution in [2.24, 2.45) is 33.7 Å². The molecule has 0 aromatic heterocycles. The average molecular weight is 490 g/mol. The molecule has 5 aliphatic heterocycles. The number of carboxylic acid groups (broad SMARTS) is 1. The number of carbonyl (C=O) groups excluding carboxylic acids is 1. The molecule has 2 N–H and O–H groups in total. The van der Waals surface area contributed by atoms with Crippen LogP contribution in [0.4, 0.5) is 0 Å². The Morgan fingerprint density at radius 2 is 2.09 bits per heavy atom. The highest BCUT2D eigenvalue weighted by Gasteiger charge is 2.69. The molecule has 0 radical (unpaired) electrons. The van der Waals surface area contributed by atoms with Crippen molar-refractivity contribution in [3.63, 3.8) is 0 Å². The predicted molar refractivity (Wildman–Crippen MR) is 125 cm³/mol. The van der Waals surface area contributed by atoms with Gasteiger partial charge in [-0.05, 0) is 37.7 Å². The van der Waals surface area contributed by atoms with Gasteiger partial charge in [-0.15, -0.1) is 0 Å². The third-order valence-corrected chi connectivity index (χ3v) is 8.42. The molecule has 1 amide bonds. The van der Waals surface area contributed by atoms with E-state index in [1.807, 2.05) is 6.92 Å². The van der Waals surface area contributed by atoms with Crippen molar-refractivity contribution in [3.8, 4) is 0 Å². The van der Waals surface area contributed by atoms with Crippen LogP contribution in [-0.4, -0.2) is 59.4 Å². The zero-order valence-corrected chi connectivity index (χ0v) is 20.6. The van der Waals surface area contributed by atoms with Gasteiger partial charge in [0, 0.05) is 55.9 Å². The second-order valence-electron chi connectivity index (χ2n) is 10.8. The van der Waals surface area contributed by atoms with E-state index in [2.05, 4.69) is 29.1 Å². The Balaban J connectivity index is 1.25. The van der Waals surface area contributed by atoms with Gasteiger partial charge in [-0.2, -0.15) is 0 Å². The number of aliphatic carboxylic acids is 1. The van der Waals surface area contributed by atoms with Crippen molar-refractivity contribution in [1.29, 1.82) is 0 Å². The van der Waals surface area contributed by atoms with E-state index in [0.29, 0.717) is 18.2 Å². The van der Waals surface area contributed by atoms with E-state index in [4.69, 9.17) is 19.2 Å². The van der Waals surface area contributed by atoms with E-state index in [9.17, 15) is 14.7 Å². The number of carbonyl (C=O) groups is 2. The number of hydrogen-bond donors (Lipinski definition) is 2. The molecule has 5 heterocycles. The molecule has 6 rings (SSSR count). The molecular formula is C25H35N3O7. The van der Waals surface area contributed by atoms with Crippen LogP contribution in [0, 0.1) is 23.7 Å². The second-order valence-corrected chi connectivity index (χ2v) is 10.8. The van der Waals surface area contributed by atoms with Gasteiger partial charge in [0.05, 0.1) is 6.54 Å². The first kappa shape index (κ1) is 24.4. The topological polar surface area (TPSA) is 128 Å². The van der Waals surface area contributed by atoms with E-state index >= 15 is 0 Å². The normalized spacial score (nSPS) is 41.5. The molecule has 5 fully saturated rings. The number of nitrogens with zero attached hydrogens (tertiary/aromatic N) is 2. The number of hydrogen-bond acceptors (Lipinski definition) is 8. The number of nitrogens with one attached hydrogen (secondary N) is 1. The van der Waals surface area contributed by atoms with Crippen molar-refractivity contribution in [3.05, 3.63) is 11.8 Å². The van der Waals surface area contributed by atoms with E-state index in [-0.39, 0.29) is 43.0 Å². The molecule has 192 valence electrons. The van der Waals surface area contributed by atoms with Crippen molar-refractivity contribution in [1.82, 2.24) is 5.32 Å². The zero-order valence-electron chi connectivity index (χ0n) is 20.6. The predicted octanol–water partition coefficient (Wildman–Crippen LogP) is 2.97. The second kappa shape index (κ2) is 9.29. The lowest BCUT2D eigenvalue weighted by Crippen LogP contribution is -2.69. The average Bonchev–Trinajstić information content (AvgIpc) is 3.22. The van der Waals surface area contributed by atoms with Crippen molar-refractivity contribution in [2.45, 2.75) is 89.4 Å². The molecular weight excluding hydrogens is 454 g/mol.